The van der Waals surface area contributed by atoms with Crippen molar-refractivity contribution in [3.63, 3.8) is 0 Å². The van der Waals surface area contributed by atoms with Crippen molar-refractivity contribution in [1.29, 1.82) is 0 Å². The number of nitrogens with one attached hydrogen (secondary N) is 1. The number of nitrogens with two attached hydrogens (primary N) is 1. The Morgan fingerprint density at radius 3 is 2.84 bits per heavy atom. The Morgan fingerprint density at radius 1 is 1.42 bits per heavy atom. The number of hydrogen-bond acceptors (Lipinski definition) is 3. The molecule has 0 bridgehead atoms. The van der Waals surface area contributed by atoms with Gasteiger partial charge in [0.15, 0.2) is 6.04 Å². The first kappa shape index (κ1) is 11.9. The van der Waals surface area contributed by atoms with Crippen LogP contribution in [0.5, 0.6) is 0 Å². The number of rotatable bonds is 2. The van der Waals surface area contributed by atoms with Gasteiger partial charge in [0.05, 0.1) is 18.0 Å². The van der Waals surface area contributed by atoms with Crippen LogP contribution in [0.25, 0.3) is 0 Å². The number of carbonyl (C=O) groups is 1. The van der Waals surface area contributed by atoms with Gasteiger partial charge >= 0.3 is 0 Å². The van der Waals surface area contributed by atoms with Crippen LogP contribution in [0.2, 0.25) is 0 Å². The Bertz CT molecular complexity index is 609. The number of aromatic amines is 1. The highest BCUT2D eigenvalue weighted by molar-refractivity contribution is 5.70. The first-order valence-corrected chi connectivity index (χ1v) is 5.98. The number of quaternary nitrogens is 1. The molecule has 1 aliphatic heterocycles. The zero-order valence-corrected chi connectivity index (χ0v) is 9.97. The monoisotopic (exact) mass is 261 g/mol. The van der Waals surface area contributed by atoms with Gasteiger partial charge in [-0.2, -0.15) is 0 Å². The Morgan fingerprint density at radius 2 is 2.16 bits per heavy atom. The first-order chi connectivity index (χ1) is 9.15. The molecule has 3 N–H and O–H groups in total. The summed E-state index contributed by atoms with van der Waals surface area (Å²) in [6, 6.07) is 5.09. The summed E-state index contributed by atoms with van der Waals surface area (Å²) in [5.41, 5.74) is 2.41. The van der Waals surface area contributed by atoms with E-state index < -0.39 is 12.0 Å². The topological polar surface area (TPSA) is 85.4 Å². The molecule has 2 heterocycles. The lowest BCUT2D eigenvalue weighted by atomic mass is 9.94. The van der Waals surface area contributed by atoms with Crippen molar-refractivity contribution in [2.24, 2.45) is 0 Å². The molecule has 0 fully saturated rings. The summed E-state index contributed by atoms with van der Waals surface area (Å²) in [7, 11) is 0. The minimum Gasteiger partial charge on any atom is -0.544 e. The number of benzene rings is 1. The lowest BCUT2D eigenvalue weighted by Gasteiger charge is -2.27. The number of H-pyrrole nitrogens is 1. The number of hydrogen-bond donors (Lipinski definition) is 2. The van der Waals surface area contributed by atoms with E-state index in [1.54, 1.807) is 23.8 Å². The van der Waals surface area contributed by atoms with Crippen molar-refractivity contribution < 1.29 is 19.6 Å². The Hall–Kier alpha value is -2.21. The van der Waals surface area contributed by atoms with Crippen molar-refractivity contribution in [1.82, 2.24) is 9.97 Å². The number of aliphatic carboxylic acids is 1. The molecule has 0 amide bonds. The quantitative estimate of drug-likeness (QED) is 0.718. The van der Waals surface area contributed by atoms with E-state index in [4.69, 9.17) is 0 Å². The summed E-state index contributed by atoms with van der Waals surface area (Å²) in [6.07, 6.45) is 1.90. The van der Waals surface area contributed by atoms with Gasteiger partial charge in [-0.3, -0.25) is 0 Å². The van der Waals surface area contributed by atoms with Crippen LogP contribution in [0.15, 0.2) is 30.6 Å². The zero-order chi connectivity index (χ0) is 13.4. The Balaban J connectivity index is 2.00. The molecule has 19 heavy (non-hydrogen) atoms. The van der Waals surface area contributed by atoms with Crippen LogP contribution in [0.1, 0.15) is 23.0 Å². The number of aromatic nitrogens is 2. The van der Waals surface area contributed by atoms with Crippen molar-refractivity contribution in [3.8, 4) is 0 Å². The fraction of sp³-hybridized carbons (Fsp3) is 0.231. The van der Waals surface area contributed by atoms with E-state index in [1.807, 2.05) is 0 Å². The van der Waals surface area contributed by atoms with Crippen molar-refractivity contribution in [2.45, 2.75) is 18.5 Å². The van der Waals surface area contributed by atoms with Crippen LogP contribution in [-0.2, 0) is 11.2 Å². The predicted octanol–water partition coefficient (Wildman–Crippen LogP) is -1.12. The molecule has 0 unspecified atom stereocenters. The standard InChI is InChI=1S/C13H12FN3O2/c14-8-3-1-7(2-4-8)11-12-9(15-6-16-12)5-10(17-11)13(18)19/h1-4,6,10-11,17H,5H2,(H,15,16)(H,18,19)/t10-,11+/m0/s1. The van der Waals surface area contributed by atoms with Gasteiger partial charge < -0.3 is 20.2 Å². The number of halogens is 1. The van der Waals surface area contributed by atoms with Gasteiger partial charge in [0, 0.05) is 12.0 Å². The third-order valence-electron chi connectivity index (χ3n) is 3.43. The first-order valence-electron chi connectivity index (χ1n) is 5.98. The van der Waals surface area contributed by atoms with Crippen molar-refractivity contribution in [2.75, 3.05) is 0 Å². The van der Waals surface area contributed by atoms with Gasteiger partial charge in [-0.25, -0.2) is 9.37 Å². The molecule has 2 aromatic rings. The van der Waals surface area contributed by atoms with Crippen LogP contribution >= 0.6 is 0 Å². The van der Waals surface area contributed by atoms with Gasteiger partial charge in [0.1, 0.15) is 17.6 Å². The van der Waals surface area contributed by atoms with Crippen molar-refractivity contribution >= 4 is 5.97 Å². The summed E-state index contributed by atoms with van der Waals surface area (Å²) in [5, 5.41) is 12.8. The lowest BCUT2D eigenvalue weighted by molar-refractivity contribution is -0.717. The van der Waals surface area contributed by atoms with E-state index >= 15 is 0 Å². The fourth-order valence-corrected chi connectivity index (χ4v) is 2.48. The van der Waals surface area contributed by atoms with E-state index in [9.17, 15) is 14.3 Å². The molecule has 2 atom stereocenters. The molecule has 0 aliphatic carbocycles. The summed E-state index contributed by atoms with van der Waals surface area (Å²) in [5.74, 6) is -1.43. The second kappa shape index (κ2) is 4.47. The summed E-state index contributed by atoms with van der Waals surface area (Å²) in [6.45, 7) is 0. The second-order valence-corrected chi connectivity index (χ2v) is 4.62. The van der Waals surface area contributed by atoms with E-state index in [-0.39, 0.29) is 11.9 Å². The van der Waals surface area contributed by atoms with Gasteiger partial charge in [-0.05, 0) is 24.3 Å². The van der Waals surface area contributed by atoms with Gasteiger partial charge in [-0.15, -0.1) is 0 Å². The third-order valence-corrected chi connectivity index (χ3v) is 3.43. The lowest BCUT2D eigenvalue weighted by Crippen LogP contribution is -2.95. The highest BCUT2D eigenvalue weighted by Gasteiger charge is 2.33. The fourth-order valence-electron chi connectivity index (χ4n) is 2.48. The minimum atomic E-state index is -1.10. The number of carboxylic acid groups (broad SMARTS) is 1. The van der Waals surface area contributed by atoms with Crippen molar-refractivity contribution in [3.05, 3.63) is 53.4 Å². The average molecular weight is 261 g/mol. The maximum atomic E-state index is 13.0. The molecule has 0 saturated heterocycles. The van der Waals surface area contributed by atoms with Crippen LogP contribution < -0.4 is 10.4 Å². The molecule has 6 heteroatoms. The van der Waals surface area contributed by atoms with E-state index in [2.05, 4.69) is 9.97 Å². The number of imidazole rings is 1. The maximum absolute atomic E-state index is 13.0. The molecule has 5 nitrogen and oxygen atoms in total. The molecular weight excluding hydrogens is 249 g/mol. The molecule has 1 aromatic heterocycles. The summed E-state index contributed by atoms with van der Waals surface area (Å²) < 4.78 is 13.0. The zero-order valence-electron chi connectivity index (χ0n) is 9.97. The molecule has 3 rings (SSSR count). The Kier molecular flexibility index (Phi) is 2.79. The largest absolute Gasteiger partial charge is 0.544 e. The average Bonchev–Trinajstić information content (AvgIpc) is 2.86. The third kappa shape index (κ3) is 2.10. The second-order valence-electron chi connectivity index (χ2n) is 4.62. The number of carboxylic acids is 1. The molecule has 0 radical (unpaired) electrons. The van der Waals surface area contributed by atoms with Gasteiger partial charge in [-0.1, -0.05) is 0 Å². The van der Waals surface area contributed by atoms with Gasteiger partial charge in [0.25, 0.3) is 0 Å². The smallest absolute Gasteiger partial charge is 0.157 e. The normalized spacial score (nSPS) is 21.9. The molecule has 0 saturated carbocycles. The molecule has 1 aromatic carbocycles. The van der Waals surface area contributed by atoms with Crippen LogP contribution in [0.4, 0.5) is 4.39 Å². The predicted molar refractivity (Wildman–Crippen MR) is 61.3 cm³/mol. The SMILES string of the molecule is O=C([O-])[C@@H]1Cc2[nH]cnc2[C@@H](c2ccc(F)cc2)[NH2+]1. The summed E-state index contributed by atoms with van der Waals surface area (Å²) in [4.78, 5) is 18.3. The van der Waals surface area contributed by atoms with Gasteiger partial charge in [0.2, 0.25) is 0 Å². The number of fused-ring (bicyclic) bond motifs is 1. The van der Waals surface area contributed by atoms with Crippen LogP contribution in [0, 0.1) is 5.82 Å². The Labute approximate surface area is 108 Å². The minimum absolute atomic E-state index is 0.251. The molecule has 98 valence electrons. The highest BCUT2D eigenvalue weighted by Crippen LogP contribution is 2.23. The number of nitrogens with zero attached hydrogens (tertiary/aromatic N) is 1. The molecular formula is C13H12FN3O2. The molecule has 1 aliphatic rings. The number of carbonyl (C=O) groups excluding carboxylic acids is 1. The van der Waals surface area contributed by atoms with Crippen LogP contribution in [-0.4, -0.2) is 22.0 Å². The van der Waals surface area contributed by atoms with Crippen LogP contribution in [0.3, 0.4) is 0 Å². The van der Waals surface area contributed by atoms with E-state index in [0.29, 0.717) is 6.42 Å². The maximum Gasteiger partial charge on any atom is 0.157 e. The highest BCUT2D eigenvalue weighted by atomic mass is 19.1. The van der Waals surface area contributed by atoms with E-state index in [1.165, 1.54) is 12.1 Å². The van der Waals surface area contributed by atoms with E-state index in [0.717, 1.165) is 17.0 Å². The molecule has 0 spiro atoms. The summed E-state index contributed by atoms with van der Waals surface area (Å²) >= 11 is 0.